The van der Waals surface area contributed by atoms with Gasteiger partial charge in [-0.1, -0.05) is 17.7 Å². The maximum Gasteiger partial charge on any atom is 0.194 e. The van der Waals surface area contributed by atoms with Gasteiger partial charge in [-0.3, -0.25) is 4.90 Å². The SMILES string of the molecule is CCNC(=NCc1ccc(F)c(Cl)c1)N1CCC(N2CCOCC2)C1. The lowest BCUT2D eigenvalue weighted by atomic mass is 10.2. The predicted octanol–water partition coefficient (Wildman–Crippen LogP) is 2.35. The van der Waals surface area contributed by atoms with Crippen LogP contribution in [0.5, 0.6) is 0 Å². The molecule has 1 aromatic rings. The van der Waals surface area contributed by atoms with Gasteiger partial charge in [-0.25, -0.2) is 9.38 Å². The number of nitrogens with one attached hydrogen (secondary N) is 1. The van der Waals surface area contributed by atoms with Crippen LogP contribution < -0.4 is 5.32 Å². The average Bonchev–Trinajstić information content (AvgIpc) is 3.12. The Kier molecular flexibility index (Phi) is 6.51. The van der Waals surface area contributed by atoms with E-state index in [9.17, 15) is 4.39 Å². The van der Waals surface area contributed by atoms with Crippen molar-refractivity contribution in [3.63, 3.8) is 0 Å². The van der Waals surface area contributed by atoms with Crippen molar-refractivity contribution in [2.75, 3.05) is 45.9 Å². The lowest BCUT2D eigenvalue weighted by Crippen LogP contribution is -2.46. The van der Waals surface area contributed by atoms with Crippen molar-refractivity contribution in [1.29, 1.82) is 0 Å². The molecule has 3 rings (SSSR count). The molecule has 1 aromatic carbocycles. The molecule has 138 valence electrons. The summed E-state index contributed by atoms with van der Waals surface area (Å²) in [6, 6.07) is 5.33. The Bertz CT molecular complexity index is 607. The molecular formula is C18H26ClFN4O. The number of ether oxygens (including phenoxy) is 1. The maximum absolute atomic E-state index is 13.3. The molecule has 1 N–H and O–H groups in total. The van der Waals surface area contributed by atoms with Crippen molar-refractivity contribution in [2.24, 2.45) is 4.99 Å². The number of hydrogen-bond acceptors (Lipinski definition) is 3. The van der Waals surface area contributed by atoms with Gasteiger partial charge in [0.15, 0.2) is 5.96 Å². The highest BCUT2D eigenvalue weighted by Gasteiger charge is 2.30. The molecule has 2 heterocycles. The average molecular weight is 369 g/mol. The first kappa shape index (κ1) is 18.4. The Morgan fingerprint density at radius 3 is 2.88 bits per heavy atom. The Morgan fingerprint density at radius 1 is 1.36 bits per heavy atom. The van der Waals surface area contributed by atoms with E-state index in [1.165, 1.54) is 6.07 Å². The van der Waals surface area contributed by atoms with Crippen LogP contribution in [0.2, 0.25) is 5.02 Å². The molecule has 0 aromatic heterocycles. The summed E-state index contributed by atoms with van der Waals surface area (Å²) < 4.78 is 18.7. The van der Waals surface area contributed by atoms with E-state index in [1.54, 1.807) is 12.1 Å². The van der Waals surface area contributed by atoms with Crippen molar-refractivity contribution < 1.29 is 9.13 Å². The van der Waals surface area contributed by atoms with Crippen LogP contribution in [0.25, 0.3) is 0 Å². The monoisotopic (exact) mass is 368 g/mol. The number of guanidine groups is 1. The number of hydrogen-bond donors (Lipinski definition) is 1. The molecule has 1 atom stereocenters. The minimum absolute atomic E-state index is 0.145. The quantitative estimate of drug-likeness (QED) is 0.654. The van der Waals surface area contributed by atoms with Gasteiger partial charge in [0.1, 0.15) is 5.82 Å². The fraction of sp³-hybridized carbons (Fsp3) is 0.611. The fourth-order valence-electron chi connectivity index (χ4n) is 3.40. The van der Waals surface area contributed by atoms with Crippen LogP contribution in [0.15, 0.2) is 23.2 Å². The Balaban J connectivity index is 1.62. The molecule has 2 fully saturated rings. The van der Waals surface area contributed by atoms with Crippen molar-refractivity contribution in [2.45, 2.75) is 25.9 Å². The smallest absolute Gasteiger partial charge is 0.194 e. The van der Waals surface area contributed by atoms with Gasteiger partial charge in [-0.2, -0.15) is 0 Å². The van der Waals surface area contributed by atoms with Gasteiger partial charge < -0.3 is 15.0 Å². The van der Waals surface area contributed by atoms with Crippen molar-refractivity contribution in [3.8, 4) is 0 Å². The summed E-state index contributed by atoms with van der Waals surface area (Å²) in [6.45, 7) is 9.04. The van der Waals surface area contributed by atoms with Gasteiger partial charge in [0, 0.05) is 38.8 Å². The van der Waals surface area contributed by atoms with Crippen LogP contribution >= 0.6 is 11.6 Å². The van der Waals surface area contributed by atoms with E-state index in [0.29, 0.717) is 12.6 Å². The van der Waals surface area contributed by atoms with Gasteiger partial charge >= 0.3 is 0 Å². The molecule has 2 saturated heterocycles. The topological polar surface area (TPSA) is 40.1 Å². The number of likely N-dealkylation sites (tertiary alicyclic amines) is 1. The second kappa shape index (κ2) is 8.83. The third kappa shape index (κ3) is 4.84. The minimum atomic E-state index is -0.394. The molecule has 0 bridgehead atoms. The standard InChI is InChI=1S/C18H26ClFN4O/c1-2-21-18(22-12-14-3-4-17(20)16(19)11-14)24-6-5-15(13-24)23-7-9-25-10-8-23/h3-4,11,15H,2,5-10,12-13H2,1H3,(H,21,22). The summed E-state index contributed by atoms with van der Waals surface area (Å²) in [5.74, 6) is 0.521. The summed E-state index contributed by atoms with van der Waals surface area (Å²) in [6.07, 6.45) is 1.15. The van der Waals surface area contributed by atoms with Crippen LogP contribution in [0.3, 0.4) is 0 Å². The second-order valence-corrected chi connectivity index (χ2v) is 6.86. The Hall–Kier alpha value is -1.37. The highest BCUT2D eigenvalue weighted by Crippen LogP contribution is 2.19. The first-order valence-corrected chi connectivity index (χ1v) is 9.34. The number of halogens is 2. The van der Waals surface area contributed by atoms with Crippen LogP contribution in [0.4, 0.5) is 4.39 Å². The van der Waals surface area contributed by atoms with E-state index in [1.807, 2.05) is 0 Å². The molecular weight excluding hydrogens is 343 g/mol. The zero-order valence-corrected chi connectivity index (χ0v) is 15.4. The minimum Gasteiger partial charge on any atom is -0.379 e. The fourth-order valence-corrected chi connectivity index (χ4v) is 3.61. The molecule has 0 aliphatic carbocycles. The summed E-state index contributed by atoms with van der Waals surface area (Å²) >= 11 is 5.86. The number of rotatable bonds is 4. The van der Waals surface area contributed by atoms with Crippen molar-refractivity contribution in [1.82, 2.24) is 15.1 Å². The Labute approximate surface area is 153 Å². The van der Waals surface area contributed by atoms with Crippen LogP contribution in [-0.4, -0.2) is 67.7 Å². The number of morpholine rings is 1. The zero-order chi connectivity index (χ0) is 17.6. The molecule has 1 unspecified atom stereocenters. The first-order valence-electron chi connectivity index (χ1n) is 8.96. The largest absolute Gasteiger partial charge is 0.379 e. The highest BCUT2D eigenvalue weighted by molar-refractivity contribution is 6.30. The summed E-state index contributed by atoms with van der Waals surface area (Å²) in [5, 5.41) is 3.51. The third-order valence-electron chi connectivity index (χ3n) is 4.76. The maximum atomic E-state index is 13.3. The van der Waals surface area contributed by atoms with Crippen molar-refractivity contribution in [3.05, 3.63) is 34.6 Å². The van der Waals surface area contributed by atoms with Crippen LogP contribution in [-0.2, 0) is 11.3 Å². The molecule has 0 saturated carbocycles. The number of benzene rings is 1. The summed E-state index contributed by atoms with van der Waals surface area (Å²) in [4.78, 5) is 9.56. The highest BCUT2D eigenvalue weighted by atomic mass is 35.5. The normalized spacial score (nSPS) is 22.4. The molecule has 0 spiro atoms. The second-order valence-electron chi connectivity index (χ2n) is 6.46. The molecule has 5 nitrogen and oxygen atoms in total. The van der Waals surface area contributed by atoms with E-state index in [2.05, 4.69) is 22.0 Å². The molecule has 2 aliphatic heterocycles. The van der Waals surface area contributed by atoms with Gasteiger partial charge in [0.2, 0.25) is 0 Å². The van der Waals surface area contributed by atoms with Crippen molar-refractivity contribution >= 4 is 17.6 Å². The van der Waals surface area contributed by atoms with E-state index in [-0.39, 0.29) is 5.02 Å². The Morgan fingerprint density at radius 2 is 2.16 bits per heavy atom. The molecule has 2 aliphatic rings. The molecule has 0 amide bonds. The van der Waals surface area contributed by atoms with E-state index in [4.69, 9.17) is 21.3 Å². The number of nitrogens with zero attached hydrogens (tertiary/aromatic N) is 3. The van der Waals surface area contributed by atoms with Gasteiger partial charge in [0.25, 0.3) is 0 Å². The van der Waals surface area contributed by atoms with E-state index < -0.39 is 5.82 Å². The van der Waals surface area contributed by atoms with E-state index in [0.717, 1.165) is 63.9 Å². The lowest BCUT2D eigenvalue weighted by Gasteiger charge is -2.32. The summed E-state index contributed by atoms with van der Waals surface area (Å²) in [5.41, 5.74) is 0.908. The van der Waals surface area contributed by atoms with Gasteiger partial charge in [-0.05, 0) is 31.0 Å². The number of aliphatic imine (C=N–C) groups is 1. The molecule has 0 radical (unpaired) electrons. The van der Waals surface area contributed by atoms with Gasteiger partial charge in [-0.15, -0.1) is 0 Å². The molecule has 7 heteroatoms. The predicted molar refractivity (Wildman–Crippen MR) is 98.6 cm³/mol. The lowest BCUT2D eigenvalue weighted by molar-refractivity contribution is 0.0195. The summed E-state index contributed by atoms with van der Waals surface area (Å²) in [7, 11) is 0. The van der Waals surface area contributed by atoms with Gasteiger partial charge in [0.05, 0.1) is 24.8 Å². The third-order valence-corrected chi connectivity index (χ3v) is 5.04. The van der Waals surface area contributed by atoms with Crippen LogP contribution in [0.1, 0.15) is 18.9 Å². The van der Waals surface area contributed by atoms with Crippen LogP contribution in [0, 0.1) is 5.82 Å². The zero-order valence-electron chi connectivity index (χ0n) is 14.7. The molecule has 25 heavy (non-hydrogen) atoms. The van der Waals surface area contributed by atoms with E-state index >= 15 is 0 Å². The first-order chi connectivity index (χ1) is 12.2.